The van der Waals surface area contributed by atoms with Crippen LogP contribution in [-0.2, 0) is 9.59 Å². The highest BCUT2D eigenvalue weighted by Gasteiger charge is 2.12. The number of guanidine groups is 1. The van der Waals surface area contributed by atoms with Crippen molar-refractivity contribution in [1.29, 1.82) is 0 Å². The number of carbonyl (C=O) groups is 2. The largest absolute Gasteiger partial charge is 0.548 e. The third-order valence-electron chi connectivity index (χ3n) is 2.27. The van der Waals surface area contributed by atoms with E-state index in [1.807, 2.05) is 0 Å². The Labute approximate surface area is 106 Å². The Morgan fingerprint density at radius 3 is 2.50 bits per heavy atom. The van der Waals surface area contributed by atoms with Crippen molar-refractivity contribution in [2.24, 2.45) is 11.5 Å². The van der Waals surface area contributed by atoms with Crippen molar-refractivity contribution < 1.29 is 25.4 Å². The van der Waals surface area contributed by atoms with E-state index in [4.69, 9.17) is 11.5 Å². The van der Waals surface area contributed by atoms with Gasteiger partial charge in [0.25, 0.3) is 0 Å². The predicted octanol–water partition coefficient (Wildman–Crippen LogP) is -5.62. The fourth-order valence-corrected chi connectivity index (χ4v) is 1.34. The molecule has 0 spiro atoms. The van der Waals surface area contributed by atoms with Crippen molar-refractivity contribution in [2.45, 2.75) is 31.7 Å². The minimum Gasteiger partial charge on any atom is -0.548 e. The lowest BCUT2D eigenvalue weighted by Gasteiger charge is -2.19. The lowest BCUT2D eigenvalue weighted by atomic mass is 10.1. The fraction of sp³-hybridized carbons (Fsp3) is 0.700. The summed E-state index contributed by atoms with van der Waals surface area (Å²) in [6.07, 6.45) is 1.67. The number of amides is 1. The van der Waals surface area contributed by atoms with Gasteiger partial charge in [0.2, 0.25) is 5.91 Å². The van der Waals surface area contributed by atoms with Crippen molar-refractivity contribution in [3.05, 3.63) is 0 Å². The number of nitrogens with two attached hydrogens (primary N) is 2. The number of carbonyl (C=O) groups excluding carboxylic acids is 2. The molecule has 0 radical (unpaired) electrons. The number of hydrogen-bond donors (Lipinski definition) is 5. The molecule has 0 rings (SSSR count). The molecule has 0 aromatic rings. The van der Waals surface area contributed by atoms with Crippen LogP contribution in [0.25, 0.3) is 0 Å². The Bertz CT molecular complexity index is 302. The van der Waals surface area contributed by atoms with Crippen LogP contribution in [0.1, 0.15) is 25.7 Å². The smallest absolute Gasteiger partial charge is 0.338 e. The van der Waals surface area contributed by atoms with Gasteiger partial charge in [-0.15, -0.1) is 0 Å². The highest BCUT2D eigenvalue weighted by molar-refractivity contribution is 5.82. The van der Waals surface area contributed by atoms with Gasteiger partial charge in [-0.2, -0.15) is 0 Å². The van der Waals surface area contributed by atoms with Gasteiger partial charge in [0.15, 0.2) is 0 Å². The Morgan fingerprint density at radius 2 is 2.00 bits per heavy atom. The molecule has 0 aliphatic heterocycles. The van der Waals surface area contributed by atoms with Gasteiger partial charge in [-0.1, -0.05) is 0 Å². The van der Waals surface area contributed by atoms with E-state index in [9.17, 15) is 14.7 Å². The van der Waals surface area contributed by atoms with E-state index in [0.29, 0.717) is 25.9 Å². The average Bonchev–Trinajstić information content (AvgIpc) is 2.29. The van der Waals surface area contributed by atoms with Crippen molar-refractivity contribution >= 4 is 17.8 Å². The maximum Gasteiger partial charge on any atom is 0.338 e. The van der Waals surface area contributed by atoms with E-state index >= 15 is 0 Å². The van der Waals surface area contributed by atoms with Crippen LogP contribution in [0.5, 0.6) is 0 Å². The average molecular weight is 260 g/mol. The summed E-state index contributed by atoms with van der Waals surface area (Å²) in [6, 6.07) is -0.983. The summed E-state index contributed by atoms with van der Waals surface area (Å²) < 4.78 is 0. The van der Waals surface area contributed by atoms with E-state index in [1.54, 1.807) is 0 Å². The SMILES string of the molecule is NC(N)=[NH+]CCC[C@H](NC(=O)CCC[NH3+])C(=O)[O-]. The Morgan fingerprint density at radius 1 is 1.33 bits per heavy atom. The van der Waals surface area contributed by atoms with Gasteiger partial charge in [0.1, 0.15) is 0 Å². The molecule has 0 aromatic carbocycles. The van der Waals surface area contributed by atoms with Gasteiger partial charge in [0, 0.05) is 12.8 Å². The highest BCUT2D eigenvalue weighted by Crippen LogP contribution is 1.96. The van der Waals surface area contributed by atoms with Crippen molar-refractivity contribution in [3.63, 3.8) is 0 Å². The first-order valence-corrected chi connectivity index (χ1v) is 5.88. The molecule has 0 saturated heterocycles. The van der Waals surface area contributed by atoms with E-state index in [0.717, 1.165) is 0 Å². The monoisotopic (exact) mass is 260 g/mol. The molecule has 8 heteroatoms. The zero-order valence-electron chi connectivity index (χ0n) is 10.4. The summed E-state index contributed by atoms with van der Waals surface area (Å²) in [5.74, 6) is -1.51. The second-order valence-electron chi connectivity index (χ2n) is 3.92. The lowest BCUT2D eigenvalue weighted by Crippen LogP contribution is -2.78. The minimum atomic E-state index is -1.29. The summed E-state index contributed by atoms with van der Waals surface area (Å²) in [4.78, 5) is 24.9. The molecule has 0 aliphatic carbocycles. The molecular weight excluding hydrogens is 238 g/mol. The summed E-state index contributed by atoms with van der Waals surface area (Å²) in [5.41, 5.74) is 14.0. The van der Waals surface area contributed by atoms with E-state index in [-0.39, 0.29) is 24.7 Å². The molecule has 0 aliphatic rings. The molecule has 18 heavy (non-hydrogen) atoms. The number of carboxylic acids is 1. The Balaban J connectivity index is 4.03. The topological polar surface area (TPSA) is 163 Å². The standard InChI is InChI=1S/C10H21N5O3/c11-5-1-4-8(16)15-7(9(17)18)3-2-6-14-10(12)13/h7H,1-6,11H2,(H,15,16)(H,17,18)(H4,12,13,14)/p+1/t7-/m0/s1. The molecule has 0 bridgehead atoms. The molecule has 8 nitrogen and oxygen atoms in total. The highest BCUT2D eigenvalue weighted by atomic mass is 16.4. The molecule has 0 fully saturated rings. The van der Waals surface area contributed by atoms with Gasteiger partial charge >= 0.3 is 5.96 Å². The van der Waals surface area contributed by atoms with Gasteiger partial charge < -0.3 is 21.0 Å². The lowest BCUT2D eigenvalue weighted by molar-refractivity contribution is -0.459. The molecule has 0 saturated carbocycles. The summed E-state index contributed by atoms with van der Waals surface area (Å²) in [6.45, 7) is 1.08. The first-order valence-electron chi connectivity index (χ1n) is 5.88. The van der Waals surface area contributed by atoms with Crippen LogP contribution in [0.4, 0.5) is 0 Å². The zero-order valence-corrected chi connectivity index (χ0v) is 10.4. The Hall–Kier alpha value is -1.83. The van der Waals surface area contributed by atoms with Crippen LogP contribution in [-0.4, -0.2) is 37.0 Å². The Kier molecular flexibility index (Phi) is 8.29. The van der Waals surface area contributed by atoms with Crippen LogP contribution < -0.4 is 32.6 Å². The molecule has 1 amide bonds. The first-order chi connectivity index (χ1) is 8.47. The van der Waals surface area contributed by atoms with Gasteiger partial charge in [-0.3, -0.25) is 21.3 Å². The van der Waals surface area contributed by atoms with Crippen molar-refractivity contribution in [2.75, 3.05) is 13.1 Å². The number of quaternary nitrogens is 1. The minimum absolute atomic E-state index is 0.0829. The first kappa shape index (κ1) is 16.2. The number of aliphatic carboxylic acids is 1. The van der Waals surface area contributed by atoms with Gasteiger partial charge in [-0.05, 0) is 12.8 Å². The van der Waals surface area contributed by atoms with Crippen LogP contribution in [0.3, 0.4) is 0 Å². The molecule has 104 valence electrons. The van der Waals surface area contributed by atoms with Crippen LogP contribution in [0, 0.1) is 0 Å². The van der Waals surface area contributed by atoms with Crippen LogP contribution in [0.2, 0.25) is 0 Å². The summed E-state index contributed by atoms with van der Waals surface area (Å²) in [5, 5.41) is 13.2. The van der Waals surface area contributed by atoms with E-state index in [1.165, 1.54) is 0 Å². The molecule has 0 aromatic heterocycles. The van der Waals surface area contributed by atoms with E-state index in [2.05, 4.69) is 16.0 Å². The molecule has 0 unspecified atom stereocenters. The number of nitrogens with one attached hydrogen (secondary N) is 2. The van der Waals surface area contributed by atoms with Crippen LogP contribution >= 0.6 is 0 Å². The van der Waals surface area contributed by atoms with Crippen LogP contribution in [0.15, 0.2) is 0 Å². The van der Waals surface area contributed by atoms with Gasteiger partial charge in [0.05, 0.1) is 25.1 Å². The number of carboxylic acid groups (broad SMARTS) is 1. The second-order valence-corrected chi connectivity index (χ2v) is 3.92. The maximum absolute atomic E-state index is 11.4. The number of rotatable bonds is 9. The van der Waals surface area contributed by atoms with Crippen molar-refractivity contribution in [3.8, 4) is 0 Å². The molecular formula is C10H22N5O3+. The maximum atomic E-state index is 11.4. The predicted molar refractivity (Wildman–Crippen MR) is 62.4 cm³/mol. The molecule has 9 N–H and O–H groups in total. The fourth-order valence-electron chi connectivity index (χ4n) is 1.34. The summed E-state index contributed by atoms with van der Waals surface area (Å²) in [7, 11) is 0. The van der Waals surface area contributed by atoms with Gasteiger partial charge in [-0.25, -0.2) is 0 Å². The molecule has 1 atom stereocenters. The molecule has 0 heterocycles. The van der Waals surface area contributed by atoms with Crippen molar-refractivity contribution in [1.82, 2.24) is 5.32 Å². The normalized spacial score (nSPS) is 11.6. The zero-order chi connectivity index (χ0) is 14.0. The van der Waals surface area contributed by atoms with E-state index < -0.39 is 12.0 Å². The quantitative estimate of drug-likeness (QED) is 0.158. The third-order valence-corrected chi connectivity index (χ3v) is 2.27. The second kappa shape index (κ2) is 9.23. The third kappa shape index (κ3) is 8.34. The summed E-state index contributed by atoms with van der Waals surface area (Å²) >= 11 is 0. The number of hydrogen-bond acceptors (Lipinski definition) is 3.